The minimum absolute atomic E-state index is 0.617. The lowest BCUT2D eigenvalue weighted by molar-refractivity contribution is 0.945. The van der Waals surface area contributed by atoms with Gasteiger partial charge in [0, 0.05) is 18.8 Å². The molecule has 2 rings (SSSR count). The number of hydrogen-bond acceptors (Lipinski definition) is 6. The summed E-state index contributed by atoms with van der Waals surface area (Å²) in [5.74, 6) is 2.38. The first-order valence-corrected chi connectivity index (χ1v) is 6.36. The Labute approximate surface area is 112 Å². The maximum absolute atomic E-state index is 4.35. The summed E-state index contributed by atoms with van der Waals surface area (Å²) in [4.78, 5) is 16.7. The van der Waals surface area contributed by atoms with E-state index in [9.17, 15) is 0 Å². The van der Waals surface area contributed by atoms with E-state index in [1.165, 1.54) is 6.33 Å². The van der Waals surface area contributed by atoms with Crippen LogP contribution < -0.4 is 10.6 Å². The van der Waals surface area contributed by atoms with E-state index in [0.717, 1.165) is 36.1 Å². The fourth-order valence-corrected chi connectivity index (χ4v) is 1.61. The van der Waals surface area contributed by atoms with Crippen molar-refractivity contribution in [3.63, 3.8) is 0 Å². The predicted octanol–water partition coefficient (Wildman–Crippen LogP) is 2.01. The molecular weight excluding hydrogens is 240 g/mol. The highest BCUT2D eigenvalue weighted by molar-refractivity contribution is 5.47. The van der Waals surface area contributed by atoms with Crippen LogP contribution in [-0.4, -0.2) is 26.5 Å². The molecule has 0 aliphatic rings. The fourth-order valence-electron chi connectivity index (χ4n) is 1.61. The molecule has 19 heavy (non-hydrogen) atoms. The Morgan fingerprint density at radius 2 is 1.95 bits per heavy atom. The van der Waals surface area contributed by atoms with Crippen molar-refractivity contribution in [3.8, 4) is 0 Å². The molecule has 2 heterocycles. The second-order valence-corrected chi connectivity index (χ2v) is 4.17. The van der Waals surface area contributed by atoms with E-state index in [1.807, 2.05) is 19.1 Å². The van der Waals surface area contributed by atoms with E-state index in [4.69, 9.17) is 0 Å². The van der Waals surface area contributed by atoms with Crippen molar-refractivity contribution < 1.29 is 0 Å². The standard InChI is InChI=1S/C13H18N6/c1-3-5-15-12-7-13(19-10(2)18-12)16-8-11-4-6-14-9-17-11/h4,6-7,9H,3,5,8H2,1-2H3,(H2,15,16,18,19). The Morgan fingerprint density at radius 1 is 1.16 bits per heavy atom. The van der Waals surface area contributed by atoms with Gasteiger partial charge in [-0.25, -0.2) is 19.9 Å². The summed E-state index contributed by atoms with van der Waals surface area (Å²) >= 11 is 0. The van der Waals surface area contributed by atoms with Crippen LogP contribution in [0.2, 0.25) is 0 Å². The molecule has 2 N–H and O–H groups in total. The second-order valence-electron chi connectivity index (χ2n) is 4.17. The zero-order valence-corrected chi connectivity index (χ0v) is 11.2. The van der Waals surface area contributed by atoms with E-state index in [1.54, 1.807) is 6.20 Å². The molecule has 0 aliphatic heterocycles. The molecule has 0 amide bonds. The largest absolute Gasteiger partial charge is 0.370 e. The smallest absolute Gasteiger partial charge is 0.132 e. The molecule has 6 nitrogen and oxygen atoms in total. The molecule has 6 heteroatoms. The highest BCUT2D eigenvalue weighted by Crippen LogP contribution is 2.11. The number of anilines is 2. The summed E-state index contributed by atoms with van der Waals surface area (Å²) in [6.45, 7) is 5.52. The topological polar surface area (TPSA) is 75.6 Å². The van der Waals surface area contributed by atoms with Crippen LogP contribution in [0.3, 0.4) is 0 Å². The summed E-state index contributed by atoms with van der Waals surface area (Å²) in [6, 6.07) is 3.78. The zero-order valence-electron chi connectivity index (χ0n) is 11.2. The molecule has 2 aromatic rings. The number of aromatic nitrogens is 4. The third kappa shape index (κ3) is 4.17. The summed E-state index contributed by atoms with van der Waals surface area (Å²) in [7, 11) is 0. The Morgan fingerprint density at radius 3 is 2.63 bits per heavy atom. The van der Waals surface area contributed by atoms with Gasteiger partial charge in [0.05, 0.1) is 12.2 Å². The molecule has 0 aliphatic carbocycles. The van der Waals surface area contributed by atoms with Gasteiger partial charge in [-0.3, -0.25) is 0 Å². The van der Waals surface area contributed by atoms with Gasteiger partial charge in [-0.15, -0.1) is 0 Å². The summed E-state index contributed by atoms with van der Waals surface area (Å²) in [5.41, 5.74) is 0.925. The molecule has 0 saturated heterocycles. The molecule has 0 atom stereocenters. The lowest BCUT2D eigenvalue weighted by atomic mass is 10.4. The minimum atomic E-state index is 0.617. The van der Waals surface area contributed by atoms with E-state index in [-0.39, 0.29) is 0 Å². The molecule has 0 fully saturated rings. The quantitative estimate of drug-likeness (QED) is 0.825. The number of nitrogens with one attached hydrogen (secondary N) is 2. The molecule has 0 radical (unpaired) electrons. The summed E-state index contributed by atoms with van der Waals surface area (Å²) < 4.78 is 0. The monoisotopic (exact) mass is 258 g/mol. The normalized spacial score (nSPS) is 10.2. The van der Waals surface area contributed by atoms with Gasteiger partial charge in [-0.2, -0.15) is 0 Å². The maximum Gasteiger partial charge on any atom is 0.132 e. The van der Waals surface area contributed by atoms with Crippen LogP contribution in [0, 0.1) is 6.92 Å². The Hall–Kier alpha value is -2.24. The van der Waals surface area contributed by atoms with Crippen LogP contribution in [0.15, 0.2) is 24.7 Å². The molecule has 0 saturated carbocycles. The fraction of sp³-hybridized carbons (Fsp3) is 0.385. The SMILES string of the molecule is CCCNc1cc(NCc2ccncn2)nc(C)n1. The lowest BCUT2D eigenvalue weighted by Gasteiger charge is -2.09. The van der Waals surface area contributed by atoms with E-state index < -0.39 is 0 Å². The molecule has 0 unspecified atom stereocenters. The second kappa shape index (κ2) is 6.63. The Balaban J connectivity index is 2.01. The van der Waals surface area contributed by atoms with Gasteiger partial charge < -0.3 is 10.6 Å². The van der Waals surface area contributed by atoms with Crippen LogP contribution in [0.1, 0.15) is 24.9 Å². The van der Waals surface area contributed by atoms with Gasteiger partial charge in [0.25, 0.3) is 0 Å². The molecular formula is C13H18N6. The number of hydrogen-bond donors (Lipinski definition) is 2. The highest BCUT2D eigenvalue weighted by atomic mass is 15.1. The van der Waals surface area contributed by atoms with Crippen molar-refractivity contribution in [2.24, 2.45) is 0 Å². The average molecular weight is 258 g/mol. The molecule has 0 spiro atoms. The maximum atomic E-state index is 4.35. The third-order valence-corrected chi connectivity index (χ3v) is 2.49. The zero-order chi connectivity index (χ0) is 13.5. The van der Waals surface area contributed by atoms with Gasteiger partial charge in [0.15, 0.2) is 0 Å². The van der Waals surface area contributed by atoms with Crippen molar-refractivity contribution in [1.29, 1.82) is 0 Å². The van der Waals surface area contributed by atoms with Crippen molar-refractivity contribution in [2.45, 2.75) is 26.8 Å². The van der Waals surface area contributed by atoms with Crippen LogP contribution in [0.25, 0.3) is 0 Å². The van der Waals surface area contributed by atoms with Gasteiger partial charge in [0.1, 0.15) is 23.8 Å². The number of rotatable bonds is 6. The van der Waals surface area contributed by atoms with Crippen molar-refractivity contribution in [3.05, 3.63) is 36.2 Å². The third-order valence-electron chi connectivity index (χ3n) is 2.49. The first-order valence-electron chi connectivity index (χ1n) is 6.36. The van der Waals surface area contributed by atoms with Gasteiger partial charge in [-0.1, -0.05) is 6.92 Å². The van der Waals surface area contributed by atoms with Gasteiger partial charge in [0.2, 0.25) is 0 Å². The highest BCUT2D eigenvalue weighted by Gasteiger charge is 2.01. The predicted molar refractivity (Wildman–Crippen MR) is 74.9 cm³/mol. The van der Waals surface area contributed by atoms with Crippen LogP contribution >= 0.6 is 0 Å². The first-order chi connectivity index (χ1) is 9.28. The summed E-state index contributed by atoms with van der Waals surface area (Å²) in [6.07, 6.45) is 4.33. The van der Waals surface area contributed by atoms with Crippen LogP contribution in [0.5, 0.6) is 0 Å². The Bertz CT molecular complexity index is 514. The Kier molecular flexibility index (Phi) is 4.60. The number of aryl methyl sites for hydroxylation is 1. The average Bonchev–Trinajstić information content (AvgIpc) is 2.43. The van der Waals surface area contributed by atoms with Crippen molar-refractivity contribution in [1.82, 2.24) is 19.9 Å². The summed E-state index contributed by atoms with van der Waals surface area (Å²) in [5, 5.41) is 6.49. The van der Waals surface area contributed by atoms with Crippen LogP contribution in [-0.2, 0) is 6.54 Å². The number of nitrogens with zero attached hydrogens (tertiary/aromatic N) is 4. The van der Waals surface area contributed by atoms with E-state index in [0.29, 0.717) is 6.54 Å². The minimum Gasteiger partial charge on any atom is -0.370 e. The van der Waals surface area contributed by atoms with E-state index in [2.05, 4.69) is 37.5 Å². The van der Waals surface area contributed by atoms with Crippen molar-refractivity contribution in [2.75, 3.05) is 17.2 Å². The molecule has 2 aromatic heterocycles. The van der Waals surface area contributed by atoms with Gasteiger partial charge >= 0.3 is 0 Å². The van der Waals surface area contributed by atoms with Gasteiger partial charge in [-0.05, 0) is 19.4 Å². The molecule has 100 valence electrons. The molecule has 0 bridgehead atoms. The first kappa shape index (κ1) is 13.2. The lowest BCUT2D eigenvalue weighted by Crippen LogP contribution is -2.08. The van der Waals surface area contributed by atoms with Crippen LogP contribution in [0.4, 0.5) is 11.6 Å². The van der Waals surface area contributed by atoms with E-state index >= 15 is 0 Å². The molecule has 0 aromatic carbocycles. The van der Waals surface area contributed by atoms with Crippen molar-refractivity contribution >= 4 is 11.6 Å².